The number of carbonyl (C=O) groups excluding carboxylic acids is 1. The lowest BCUT2D eigenvalue weighted by Crippen LogP contribution is -2.29. The van der Waals surface area contributed by atoms with Crippen LogP contribution in [0.3, 0.4) is 0 Å². The van der Waals surface area contributed by atoms with Gasteiger partial charge in [0.25, 0.3) is 0 Å². The molecule has 1 aliphatic carbocycles. The molecule has 2 atom stereocenters. The van der Waals surface area contributed by atoms with E-state index in [1.807, 2.05) is 24.5 Å². The molecule has 1 saturated heterocycles. The highest BCUT2D eigenvalue weighted by Crippen LogP contribution is 2.35. The summed E-state index contributed by atoms with van der Waals surface area (Å²) < 4.78 is 2.09. The monoisotopic (exact) mass is 309 g/mol. The van der Waals surface area contributed by atoms with Crippen molar-refractivity contribution in [3.63, 3.8) is 0 Å². The molecule has 0 radical (unpaired) electrons. The van der Waals surface area contributed by atoms with Crippen molar-refractivity contribution in [3.8, 4) is 0 Å². The molecule has 1 fully saturated rings. The predicted molar refractivity (Wildman–Crippen MR) is 90.9 cm³/mol. The zero-order valence-corrected chi connectivity index (χ0v) is 13.6. The van der Waals surface area contributed by atoms with Crippen molar-refractivity contribution in [1.82, 2.24) is 14.5 Å². The van der Waals surface area contributed by atoms with Crippen molar-refractivity contribution in [1.29, 1.82) is 0 Å². The Morgan fingerprint density at radius 1 is 1.26 bits per heavy atom. The van der Waals surface area contributed by atoms with E-state index in [1.165, 1.54) is 12.0 Å². The van der Waals surface area contributed by atoms with Crippen LogP contribution in [0.1, 0.15) is 26.2 Å². The van der Waals surface area contributed by atoms with Gasteiger partial charge in [-0.25, -0.2) is 4.98 Å². The van der Waals surface area contributed by atoms with E-state index in [9.17, 15) is 4.79 Å². The van der Waals surface area contributed by atoms with Crippen LogP contribution in [0.15, 0.2) is 42.2 Å². The van der Waals surface area contributed by atoms with Crippen LogP contribution in [-0.4, -0.2) is 33.4 Å². The van der Waals surface area contributed by atoms with E-state index >= 15 is 0 Å². The third kappa shape index (κ3) is 2.78. The van der Waals surface area contributed by atoms with Gasteiger partial charge in [0.05, 0.1) is 17.4 Å². The summed E-state index contributed by atoms with van der Waals surface area (Å²) in [5, 5.41) is 0. The molecule has 4 nitrogen and oxygen atoms in total. The molecule has 4 heteroatoms. The van der Waals surface area contributed by atoms with E-state index in [4.69, 9.17) is 0 Å². The lowest BCUT2D eigenvalue weighted by atomic mass is 9.83. The first kappa shape index (κ1) is 14.5. The van der Waals surface area contributed by atoms with Gasteiger partial charge in [0, 0.05) is 26.1 Å². The third-order valence-corrected chi connectivity index (χ3v) is 5.38. The van der Waals surface area contributed by atoms with Crippen LogP contribution >= 0.6 is 0 Å². The highest BCUT2D eigenvalue weighted by molar-refractivity contribution is 5.78. The minimum absolute atomic E-state index is 0.287. The quantitative estimate of drug-likeness (QED) is 0.816. The van der Waals surface area contributed by atoms with Gasteiger partial charge in [-0.15, -0.1) is 0 Å². The Balaban J connectivity index is 1.38. The molecule has 2 aliphatic rings. The summed E-state index contributed by atoms with van der Waals surface area (Å²) in [6.07, 6.45) is 7.07. The number of carbonyl (C=O) groups is 1. The number of para-hydroxylation sites is 2. The van der Waals surface area contributed by atoms with Crippen molar-refractivity contribution in [2.24, 2.45) is 11.8 Å². The van der Waals surface area contributed by atoms with Crippen LogP contribution in [0, 0.1) is 11.8 Å². The number of benzene rings is 1. The molecule has 0 spiro atoms. The molecule has 23 heavy (non-hydrogen) atoms. The van der Waals surface area contributed by atoms with Crippen LogP contribution < -0.4 is 0 Å². The number of rotatable bonds is 3. The summed E-state index contributed by atoms with van der Waals surface area (Å²) in [4.78, 5) is 19.1. The van der Waals surface area contributed by atoms with Gasteiger partial charge < -0.3 is 9.47 Å². The minimum atomic E-state index is 0.287. The summed E-state index contributed by atoms with van der Waals surface area (Å²) >= 11 is 0. The van der Waals surface area contributed by atoms with E-state index in [0.717, 1.165) is 30.5 Å². The number of aryl methyl sites for hydroxylation is 1. The van der Waals surface area contributed by atoms with Crippen LogP contribution in [0.2, 0.25) is 0 Å². The number of hydrogen-bond acceptors (Lipinski definition) is 2. The zero-order chi connectivity index (χ0) is 15.8. The van der Waals surface area contributed by atoms with Crippen LogP contribution in [-0.2, 0) is 11.3 Å². The summed E-state index contributed by atoms with van der Waals surface area (Å²) in [6.45, 7) is 4.81. The topological polar surface area (TPSA) is 38.1 Å². The summed E-state index contributed by atoms with van der Waals surface area (Å²) in [5.41, 5.74) is 3.59. The number of nitrogens with zero attached hydrogens (tertiary/aromatic N) is 3. The van der Waals surface area contributed by atoms with Gasteiger partial charge >= 0.3 is 0 Å². The molecule has 1 aromatic carbocycles. The molecule has 4 rings (SSSR count). The molecule has 0 N–H and O–H groups in total. The Morgan fingerprint density at radius 3 is 3.00 bits per heavy atom. The lowest BCUT2D eigenvalue weighted by Gasteiger charge is -2.21. The molecule has 0 unspecified atom stereocenters. The number of allylic oxidation sites excluding steroid dienone is 2. The Labute approximate surface area is 136 Å². The fourth-order valence-corrected chi connectivity index (χ4v) is 4.05. The highest BCUT2D eigenvalue weighted by Gasteiger charge is 2.35. The van der Waals surface area contributed by atoms with Crippen molar-refractivity contribution in [2.45, 2.75) is 32.7 Å². The maximum atomic E-state index is 12.6. The molecule has 1 amide bonds. The van der Waals surface area contributed by atoms with Crippen molar-refractivity contribution >= 4 is 16.9 Å². The fourth-order valence-electron chi connectivity index (χ4n) is 4.05. The maximum Gasteiger partial charge on any atom is 0.224 e. The number of fused-ring (bicyclic) bond motifs is 2. The molecule has 120 valence electrons. The van der Waals surface area contributed by atoms with Gasteiger partial charge in [0.2, 0.25) is 5.91 Å². The SMILES string of the molecule is CC1=CC[C@@H]2CN(C(=O)CCn3cnc4ccccc43)C[C@@H]2C1. The van der Waals surface area contributed by atoms with Crippen LogP contribution in [0.4, 0.5) is 0 Å². The number of imidazole rings is 1. The third-order valence-electron chi connectivity index (χ3n) is 5.38. The first-order valence-electron chi connectivity index (χ1n) is 8.54. The average molecular weight is 309 g/mol. The van der Waals surface area contributed by atoms with E-state index in [2.05, 4.69) is 33.5 Å². The zero-order valence-electron chi connectivity index (χ0n) is 13.6. The molecule has 2 heterocycles. The first-order valence-corrected chi connectivity index (χ1v) is 8.54. The second kappa shape index (κ2) is 5.84. The molecular formula is C19H23N3O. The second-order valence-corrected chi connectivity index (χ2v) is 6.99. The standard InChI is InChI=1S/C19H23N3O/c1-14-6-7-15-11-22(12-16(15)10-14)19(23)8-9-21-13-20-17-4-2-3-5-18(17)21/h2-6,13,15-16H,7-12H2,1H3/t15-,16+/m1/s1. The Morgan fingerprint density at radius 2 is 2.09 bits per heavy atom. The Hall–Kier alpha value is -2.10. The number of amides is 1. The van der Waals surface area contributed by atoms with Crippen molar-refractivity contribution in [2.75, 3.05) is 13.1 Å². The van der Waals surface area contributed by atoms with E-state index in [-0.39, 0.29) is 5.91 Å². The largest absolute Gasteiger partial charge is 0.342 e. The van der Waals surface area contributed by atoms with Gasteiger partial charge in [-0.2, -0.15) is 0 Å². The van der Waals surface area contributed by atoms with E-state index in [0.29, 0.717) is 24.8 Å². The smallest absolute Gasteiger partial charge is 0.224 e. The normalized spacial score (nSPS) is 23.9. The van der Waals surface area contributed by atoms with Crippen molar-refractivity contribution < 1.29 is 4.79 Å². The molecule has 0 saturated carbocycles. The minimum Gasteiger partial charge on any atom is -0.342 e. The molecule has 2 aromatic rings. The molecule has 0 bridgehead atoms. The Bertz CT molecular complexity index is 761. The number of aromatic nitrogens is 2. The molecule has 1 aliphatic heterocycles. The molecule has 1 aromatic heterocycles. The number of hydrogen-bond donors (Lipinski definition) is 0. The van der Waals surface area contributed by atoms with Gasteiger partial charge in [-0.05, 0) is 43.7 Å². The maximum absolute atomic E-state index is 12.6. The van der Waals surface area contributed by atoms with E-state index < -0.39 is 0 Å². The first-order chi connectivity index (χ1) is 11.2. The van der Waals surface area contributed by atoms with Crippen molar-refractivity contribution in [3.05, 3.63) is 42.2 Å². The highest BCUT2D eigenvalue weighted by atomic mass is 16.2. The van der Waals surface area contributed by atoms with Gasteiger partial charge in [0.1, 0.15) is 0 Å². The number of likely N-dealkylation sites (tertiary alicyclic amines) is 1. The summed E-state index contributed by atoms with van der Waals surface area (Å²) in [6, 6.07) is 8.08. The Kier molecular flexibility index (Phi) is 3.68. The van der Waals surface area contributed by atoms with Gasteiger partial charge in [-0.1, -0.05) is 23.8 Å². The summed E-state index contributed by atoms with van der Waals surface area (Å²) in [5.74, 6) is 1.64. The summed E-state index contributed by atoms with van der Waals surface area (Å²) in [7, 11) is 0. The van der Waals surface area contributed by atoms with Crippen LogP contribution in [0.25, 0.3) is 11.0 Å². The predicted octanol–water partition coefficient (Wildman–Crippen LogP) is 3.24. The second-order valence-electron chi connectivity index (χ2n) is 6.99. The average Bonchev–Trinajstić information content (AvgIpc) is 3.16. The molecular weight excluding hydrogens is 286 g/mol. The van der Waals surface area contributed by atoms with Crippen LogP contribution in [0.5, 0.6) is 0 Å². The van der Waals surface area contributed by atoms with Gasteiger partial charge in [0.15, 0.2) is 0 Å². The fraction of sp³-hybridized carbons (Fsp3) is 0.474. The van der Waals surface area contributed by atoms with E-state index in [1.54, 1.807) is 0 Å². The van der Waals surface area contributed by atoms with Gasteiger partial charge in [-0.3, -0.25) is 4.79 Å². The lowest BCUT2D eigenvalue weighted by molar-refractivity contribution is -0.130.